The Bertz CT molecular complexity index is 629. The second-order valence-electron chi connectivity index (χ2n) is 4.24. The van der Waals surface area contributed by atoms with Crippen molar-refractivity contribution in [2.75, 3.05) is 17.7 Å². The smallest absolute Gasteiger partial charge is 0.221 e. The van der Waals surface area contributed by atoms with Crippen molar-refractivity contribution in [1.29, 1.82) is 0 Å². The zero-order valence-electron chi connectivity index (χ0n) is 11.2. The van der Waals surface area contributed by atoms with Crippen LogP contribution in [0.15, 0.2) is 42.5 Å². The highest BCUT2D eigenvalue weighted by molar-refractivity contribution is 5.89. The third-order valence-electron chi connectivity index (χ3n) is 2.62. The molecule has 1 amide bonds. The second kappa shape index (κ2) is 6.06. The van der Waals surface area contributed by atoms with E-state index in [2.05, 4.69) is 10.6 Å². The van der Waals surface area contributed by atoms with Crippen molar-refractivity contribution in [3.63, 3.8) is 0 Å². The lowest BCUT2D eigenvalue weighted by atomic mass is 10.2. The standard InChI is InChI=1S/C15H15FN2O2/c1-10(19)17-11-4-3-5-12(8-11)18-13-6-7-15(20-2)14(16)9-13/h3-9,18H,1-2H3,(H,17,19). The van der Waals surface area contributed by atoms with Gasteiger partial charge in [0.2, 0.25) is 5.91 Å². The number of anilines is 3. The fraction of sp³-hybridized carbons (Fsp3) is 0.133. The number of hydrogen-bond donors (Lipinski definition) is 2. The number of benzene rings is 2. The second-order valence-corrected chi connectivity index (χ2v) is 4.24. The van der Waals surface area contributed by atoms with Crippen molar-refractivity contribution >= 4 is 23.0 Å². The summed E-state index contributed by atoms with van der Waals surface area (Å²) < 4.78 is 18.4. The van der Waals surface area contributed by atoms with Crippen LogP contribution in [0.1, 0.15) is 6.92 Å². The topological polar surface area (TPSA) is 50.4 Å². The van der Waals surface area contributed by atoms with Crippen LogP contribution in [0.4, 0.5) is 21.5 Å². The molecule has 5 heteroatoms. The van der Waals surface area contributed by atoms with E-state index < -0.39 is 5.82 Å². The molecule has 0 saturated heterocycles. The van der Waals surface area contributed by atoms with Crippen molar-refractivity contribution in [1.82, 2.24) is 0 Å². The summed E-state index contributed by atoms with van der Waals surface area (Å²) in [5.74, 6) is -0.379. The van der Waals surface area contributed by atoms with E-state index in [4.69, 9.17) is 4.74 Å². The number of rotatable bonds is 4. The van der Waals surface area contributed by atoms with Gasteiger partial charge >= 0.3 is 0 Å². The highest BCUT2D eigenvalue weighted by Gasteiger charge is 2.04. The van der Waals surface area contributed by atoms with E-state index in [0.717, 1.165) is 5.69 Å². The Morgan fingerprint density at radius 3 is 2.45 bits per heavy atom. The molecular weight excluding hydrogens is 259 g/mol. The molecule has 0 bridgehead atoms. The summed E-state index contributed by atoms with van der Waals surface area (Å²) in [6.07, 6.45) is 0. The number of carbonyl (C=O) groups excluding carboxylic acids is 1. The Kier molecular flexibility index (Phi) is 4.20. The van der Waals surface area contributed by atoms with Gasteiger partial charge in [-0.25, -0.2) is 4.39 Å². The molecule has 2 rings (SSSR count). The lowest BCUT2D eigenvalue weighted by Crippen LogP contribution is -2.05. The average molecular weight is 274 g/mol. The monoisotopic (exact) mass is 274 g/mol. The summed E-state index contributed by atoms with van der Waals surface area (Å²) >= 11 is 0. The molecule has 0 saturated carbocycles. The van der Waals surface area contributed by atoms with Gasteiger partial charge in [-0.3, -0.25) is 4.79 Å². The Balaban J connectivity index is 2.17. The normalized spacial score (nSPS) is 9.95. The van der Waals surface area contributed by atoms with Gasteiger partial charge < -0.3 is 15.4 Å². The van der Waals surface area contributed by atoms with E-state index in [-0.39, 0.29) is 11.7 Å². The van der Waals surface area contributed by atoms with Gasteiger partial charge in [0.15, 0.2) is 11.6 Å². The van der Waals surface area contributed by atoms with Crippen molar-refractivity contribution in [2.24, 2.45) is 0 Å². The van der Waals surface area contributed by atoms with Crippen LogP contribution in [0, 0.1) is 5.82 Å². The van der Waals surface area contributed by atoms with E-state index >= 15 is 0 Å². The van der Waals surface area contributed by atoms with Crippen LogP contribution in [0.25, 0.3) is 0 Å². The summed E-state index contributed by atoms with van der Waals surface area (Å²) in [5, 5.41) is 5.75. The molecule has 2 N–H and O–H groups in total. The number of ether oxygens (including phenoxy) is 1. The highest BCUT2D eigenvalue weighted by Crippen LogP contribution is 2.24. The van der Waals surface area contributed by atoms with E-state index in [9.17, 15) is 9.18 Å². The minimum atomic E-state index is -0.435. The van der Waals surface area contributed by atoms with Gasteiger partial charge in [-0.15, -0.1) is 0 Å². The van der Waals surface area contributed by atoms with E-state index in [0.29, 0.717) is 11.4 Å². The number of methoxy groups -OCH3 is 1. The lowest BCUT2D eigenvalue weighted by Gasteiger charge is -2.10. The molecular formula is C15H15FN2O2. The fourth-order valence-corrected chi connectivity index (χ4v) is 1.79. The molecule has 0 aliphatic heterocycles. The molecule has 2 aromatic carbocycles. The molecule has 0 fully saturated rings. The molecule has 0 heterocycles. The molecule has 2 aromatic rings. The molecule has 0 spiro atoms. The van der Waals surface area contributed by atoms with Gasteiger partial charge in [-0.05, 0) is 30.3 Å². The maximum Gasteiger partial charge on any atom is 0.221 e. The molecule has 0 atom stereocenters. The molecule has 0 aliphatic carbocycles. The average Bonchev–Trinajstić information content (AvgIpc) is 2.38. The fourth-order valence-electron chi connectivity index (χ4n) is 1.79. The predicted molar refractivity (Wildman–Crippen MR) is 77.0 cm³/mol. The molecule has 0 radical (unpaired) electrons. The number of hydrogen-bond acceptors (Lipinski definition) is 3. The minimum Gasteiger partial charge on any atom is -0.494 e. The maximum absolute atomic E-state index is 13.6. The van der Waals surface area contributed by atoms with Crippen LogP contribution >= 0.6 is 0 Å². The Morgan fingerprint density at radius 2 is 1.80 bits per heavy atom. The first kappa shape index (κ1) is 13.9. The third-order valence-corrected chi connectivity index (χ3v) is 2.62. The number of nitrogens with one attached hydrogen (secondary N) is 2. The third kappa shape index (κ3) is 3.47. The minimum absolute atomic E-state index is 0.141. The van der Waals surface area contributed by atoms with Gasteiger partial charge in [0.25, 0.3) is 0 Å². The summed E-state index contributed by atoms with van der Waals surface area (Å²) in [5.41, 5.74) is 2.03. The predicted octanol–water partition coefficient (Wildman–Crippen LogP) is 3.54. The first-order chi connectivity index (χ1) is 9.58. The van der Waals surface area contributed by atoms with Crippen LogP contribution in [-0.4, -0.2) is 13.0 Å². The Morgan fingerprint density at radius 1 is 1.10 bits per heavy atom. The summed E-state index contributed by atoms with van der Waals surface area (Å²) in [4.78, 5) is 11.0. The first-order valence-electron chi connectivity index (χ1n) is 6.06. The van der Waals surface area contributed by atoms with Crippen molar-refractivity contribution < 1.29 is 13.9 Å². The van der Waals surface area contributed by atoms with Crippen LogP contribution in [0.3, 0.4) is 0 Å². The lowest BCUT2D eigenvalue weighted by molar-refractivity contribution is -0.114. The molecule has 104 valence electrons. The molecule has 0 aliphatic rings. The van der Waals surface area contributed by atoms with E-state index in [1.54, 1.807) is 30.3 Å². The van der Waals surface area contributed by atoms with Crippen molar-refractivity contribution in [3.05, 3.63) is 48.3 Å². The van der Waals surface area contributed by atoms with Crippen molar-refractivity contribution in [3.8, 4) is 5.75 Å². The molecule has 4 nitrogen and oxygen atoms in total. The molecule has 0 unspecified atom stereocenters. The van der Waals surface area contributed by atoms with Crippen LogP contribution in [0.2, 0.25) is 0 Å². The van der Waals surface area contributed by atoms with Gasteiger partial charge in [0, 0.05) is 30.1 Å². The molecule has 20 heavy (non-hydrogen) atoms. The number of amides is 1. The highest BCUT2D eigenvalue weighted by atomic mass is 19.1. The quantitative estimate of drug-likeness (QED) is 0.896. The van der Waals surface area contributed by atoms with Crippen LogP contribution in [0.5, 0.6) is 5.75 Å². The largest absolute Gasteiger partial charge is 0.494 e. The summed E-state index contributed by atoms with van der Waals surface area (Å²) in [6, 6.07) is 11.8. The SMILES string of the molecule is COc1ccc(Nc2cccc(NC(C)=O)c2)cc1F. The first-order valence-corrected chi connectivity index (χ1v) is 6.06. The van der Waals surface area contributed by atoms with Crippen LogP contribution < -0.4 is 15.4 Å². The van der Waals surface area contributed by atoms with E-state index in [1.165, 1.54) is 20.1 Å². The Hall–Kier alpha value is -2.56. The summed E-state index contributed by atoms with van der Waals surface area (Å²) in [7, 11) is 1.42. The zero-order chi connectivity index (χ0) is 14.5. The van der Waals surface area contributed by atoms with E-state index in [1.807, 2.05) is 6.07 Å². The Labute approximate surface area is 116 Å². The van der Waals surface area contributed by atoms with Gasteiger partial charge in [-0.2, -0.15) is 0 Å². The number of carbonyl (C=O) groups is 1. The molecule has 0 aromatic heterocycles. The van der Waals surface area contributed by atoms with Gasteiger partial charge in [0.1, 0.15) is 0 Å². The summed E-state index contributed by atoms with van der Waals surface area (Å²) in [6.45, 7) is 1.44. The van der Waals surface area contributed by atoms with Crippen molar-refractivity contribution in [2.45, 2.75) is 6.92 Å². The van der Waals surface area contributed by atoms with Gasteiger partial charge in [-0.1, -0.05) is 6.07 Å². The zero-order valence-corrected chi connectivity index (χ0v) is 11.2. The number of halogens is 1. The van der Waals surface area contributed by atoms with Crippen LogP contribution in [-0.2, 0) is 4.79 Å². The maximum atomic E-state index is 13.6. The van der Waals surface area contributed by atoms with Gasteiger partial charge in [0.05, 0.1) is 7.11 Å².